The first-order chi connectivity index (χ1) is 7.90. The van der Waals surface area contributed by atoms with Crippen molar-refractivity contribution in [1.29, 1.82) is 0 Å². The summed E-state index contributed by atoms with van der Waals surface area (Å²) >= 11 is 12.5. The lowest BCUT2D eigenvalue weighted by Gasteiger charge is -2.17. The quantitative estimate of drug-likeness (QED) is 0.896. The van der Waals surface area contributed by atoms with E-state index >= 15 is 0 Å². The van der Waals surface area contributed by atoms with Gasteiger partial charge in [0.15, 0.2) is 5.12 Å². The Morgan fingerprint density at radius 2 is 1.82 bits per heavy atom. The van der Waals surface area contributed by atoms with Crippen LogP contribution in [0, 0.1) is 0 Å². The molecule has 6 heteroatoms. The number of carbonyl (C=O) groups excluding carboxylic acids is 1. The predicted molar refractivity (Wildman–Crippen MR) is 70.6 cm³/mol. The van der Waals surface area contributed by atoms with Crippen molar-refractivity contribution in [2.75, 3.05) is 5.75 Å². The molecule has 1 rings (SSSR count). The van der Waals surface area contributed by atoms with E-state index in [1.54, 1.807) is 0 Å². The van der Waals surface area contributed by atoms with Gasteiger partial charge in [0.1, 0.15) is 6.10 Å². The summed E-state index contributed by atoms with van der Waals surface area (Å²) in [5, 5.41) is 20.2. The van der Waals surface area contributed by atoms with Crippen LogP contribution in [0.1, 0.15) is 18.6 Å². The van der Waals surface area contributed by atoms with Crippen LogP contribution in [0.4, 0.5) is 0 Å². The van der Waals surface area contributed by atoms with Gasteiger partial charge in [0.05, 0.1) is 6.10 Å². The maximum Gasteiger partial charge on any atom is 0.185 e. The van der Waals surface area contributed by atoms with Gasteiger partial charge in [0, 0.05) is 22.7 Å². The van der Waals surface area contributed by atoms with Gasteiger partial charge in [0.25, 0.3) is 0 Å². The molecule has 0 saturated heterocycles. The minimum atomic E-state index is -1.11. The van der Waals surface area contributed by atoms with Crippen LogP contribution in [0.3, 0.4) is 0 Å². The molecule has 1 aromatic carbocycles. The van der Waals surface area contributed by atoms with Gasteiger partial charge in [0.2, 0.25) is 0 Å². The average molecular weight is 295 g/mol. The Morgan fingerprint density at radius 3 is 2.29 bits per heavy atom. The lowest BCUT2D eigenvalue weighted by Crippen LogP contribution is -2.21. The average Bonchev–Trinajstić information content (AvgIpc) is 2.23. The zero-order valence-electron chi connectivity index (χ0n) is 9.06. The van der Waals surface area contributed by atoms with Crippen LogP contribution in [0.5, 0.6) is 0 Å². The van der Waals surface area contributed by atoms with Crippen LogP contribution in [0.15, 0.2) is 18.2 Å². The van der Waals surface area contributed by atoms with E-state index in [1.165, 1.54) is 25.1 Å². The molecule has 1 aromatic rings. The van der Waals surface area contributed by atoms with Gasteiger partial charge < -0.3 is 10.2 Å². The highest BCUT2D eigenvalue weighted by Crippen LogP contribution is 2.26. The highest BCUT2D eigenvalue weighted by molar-refractivity contribution is 8.13. The monoisotopic (exact) mass is 294 g/mol. The Morgan fingerprint density at radius 1 is 1.29 bits per heavy atom. The van der Waals surface area contributed by atoms with Crippen LogP contribution in [0.25, 0.3) is 0 Å². The van der Waals surface area contributed by atoms with E-state index in [4.69, 9.17) is 23.2 Å². The first-order valence-electron chi connectivity index (χ1n) is 4.85. The molecular weight excluding hydrogens is 283 g/mol. The molecule has 0 saturated carbocycles. The molecule has 0 aliphatic rings. The van der Waals surface area contributed by atoms with Gasteiger partial charge in [-0.05, 0) is 23.8 Å². The molecular formula is C11H12Cl2O3S. The van der Waals surface area contributed by atoms with Crippen molar-refractivity contribution >= 4 is 40.1 Å². The van der Waals surface area contributed by atoms with E-state index in [9.17, 15) is 15.0 Å². The molecule has 2 unspecified atom stereocenters. The molecule has 0 heterocycles. The maximum absolute atomic E-state index is 10.7. The van der Waals surface area contributed by atoms with E-state index < -0.39 is 12.2 Å². The van der Waals surface area contributed by atoms with Crippen LogP contribution in [0.2, 0.25) is 10.0 Å². The highest BCUT2D eigenvalue weighted by atomic mass is 35.5. The van der Waals surface area contributed by atoms with Gasteiger partial charge in [-0.25, -0.2) is 0 Å². The zero-order valence-corrected chi connectivity index (χ0v) is 11.4. The lowest BCUT2D eigenvalue weighted by atomic mass is 10.1. The number of rotatable bonds is 4. The third-order valence-corrected chi connectivity index (χ3v) is 3.40. The number of carbonyl (C=O) groups is 1. The first-order valence-corrected chi connectivity index (χ1v) is 6.60. The lowest BCUT2D eigenvalue weighted by molar-refractivity contribution is -0.109. The minimum absolute atomic E-state index is 0.111. The van der Waals surface area contributed by atoms with Crippen LogP contribution < -0.4 is 0 Å². The second-order valence-electron chi connectivity index (χ2n) is 3.52. The van der Waals surface area contributed by atoms with Crippen LogP contribution in [-0.4, -0.2) is 27.2 Å². The zero-order chi connectivity index (χ0) is 13.0. The molecule has 3 nitrogen and oxygen atoms in total. The summed E-state index contributed by atoms with van der Waals surface area (Å²) in [6.45, 7) is 1.40. The van der Waals surface area contributed by atoms with Crippen molar-refractivity contribution in [3.8, 4) is 0 Å². The second kappa shape index (κ2) is 6.61. The molecule has 2 N–H and O–H groups in total. The molecule has 0 spiro atoms. The van der Waals surface area contributed by atoms with Gasteiger partial charge >= 0.3 is 0 Å². The second-order valence-corrected chi connectivity index (χ2v) is 5.59. The molecule has 0 aliphatic carbocycles. The largest absolute Gasteiger partial charge is 0.389 e. The molecule has 94 valence electrons. The Kier molecular flexibility index (Phi) is 5.76. The van der Waals surface area contributed by atoms with Gasteiger partial charge in [-0.1, -0.05) is 35.0 Å². The molecule has 0 amide bonds. The topological polar surface area (TPSA) is 57.5 Å². The summed E-state index contributed by atoms with van der Waals surface area (Å²) in [6.07, 6.45) is -2.16. The first kappa shape index (κ1) is 14.8. The van der Waals surface area contributed by atoms with E-state index in [0.717, 1.165) is 11.8 Å². The Balaban J connectivity index is 2.73. The number of halogens is 2. The molecule has 17 heavy (non-hydrogen) atoms. The van der Waals surface area contributed by atoms with Gasteiger partial charge in [-0.3, -0.25) is 4.79 Å². The Labute approximate surface area is 114 Å². The number of thioether (sulfide) groups is 1. The number of hydrogen-bond acceptors (Lipinski definition) is 4. The third-order valence-electron chi connectivity index (χ3n) is 2.05. The van der Waals surface area contributed by atoms with E-state index in [-0.39, 0.29) is 10.9 Å². The van der Waals surface area contributed by atoms with Crippen molar-refractivity contribution in [2.45, 2.75) is 19.1 Å². The molecule has 2 atom stereocenters. The van der Waals surface area contributed by atoms with E-state index in [2.05, 4.69) is 0 Å². The summed E-state index contributed by atoms with van der Waals surface area (Å²) in [4.78, 5) is 10.7. The molecule has 0 fully saturated rings. The molecule has 0 aliphatic heterocycles. The molecule has 0 radical (unpaired) electrons. The summed E-state index contributed by atoms with van der Waals surface area (Å²) in [5.74, 6) is 0.126. The fraction of sp³-hybridized carbons (Fsp3) is 0.364. The standard InChI is InChI=1S/C11H12Cl2O3S/c1-6(14)17-5-10(15)11(16)7-2-8(12)4-9(13)3-7/h2-4,10-11,15-16H,5H2,1H3. The normalized spacial score (nSPS) is 14.4. The van der Waals surface area contributed by atoms with E-state index in [0.29, 0.717) is 15.6 Å². The summed E-state index contributed by atoms with van der Waals surface area (Å²) in [6, 6.07) is 4.59. The Bertz CT molecular complexity index is 391. The van der Waals surface area contributed by atoms with Crippen molar-refractivity contribution < 1.29 is 15.0 Å². The predicted octanol–water partition coefficient (Wildman–Crippen LogP) is 2.67. The van der Waals surface area contributed by atoms with Crippen LogP contribution in [-0.2, 0) is 4.79 Å². The number of aliphatic hydroxyl groups excluding tert-OH is 2. The number of benzene rings is 1. The highest BCUT2D eigenvalue weighted by Gasteiger charge is 2.19. The van der Waals surface area contributed by atoms with Crippen molar-refractivity contribution in [1.82, 2.24) is 0 Å². The van der Waals surface area contributed by atoms with Crippen molar-refractivity contribution in [3.05, 3.63) is 33.8 Å². The van der Waals surface area contributed by atoms with Crippen molar-refractivity contribution in [2.24, 2.45) is 0 Å². The number of hydrogen-bond donors (Lipinski definition) is 2. The number of aliphatic hydroxyl groups is 2. The van der Waals surface area contributed by atoms with E-state index in [1.807, 2.05) is 0 Å². The summed E-state index contributed by atoms with van der Waals surface area (Å²) in [7, 11) is 0. The summed E-state index contributed by atoms with van der Waals surface area (Å²) < 4.78 is 0. The van der Waals surface area contributed by atoms with Crippen molar-refractivity contribution in [3.63, 3.8) is 0 Å². The summed E-state index contributed by atoms with van der Waals surface area (Å²) in [5.41, 5.74) is 0.430. The van der Waals surface area contributed by atoms with Gasteiger partial charge in [-0.2, -0.15) is 0 Å². The maximum atomic E-state index is 10.7. The van der Waals surface area contributed by atoms with Gasteiger partial charge in [-0.15, -0.1) is 0 Å². The molecule has 0 bridgehead atoms. The molecule has 0 aromatic heterocycles. The fourth-order valence-electron chi connectivity index (χ4n) is 1.26. The SMILES string of the molecule is CC(=O)SCC(O)C(O)c1cc(Cl)cc(Cl)c1. The fourth-order valence-corrected chi connectivity index (χ4v) is 2.39. The minimum Gasteiger partial charge on any atom is -0.389 e. The smallest absolute Gasteiger partial charge is 0.185 e. The Hall–Kier alpha value is -0.260. The third kappa shape index (κ3) is 4.85. The van der Waals surface area contributed by atoms with Crippen LogP contribution >= 0.6 is 35.0 Å².